The van der Waals surface area contributed by atoms with Crippen molar-refractivity contribution < 1.29 is 14.3 Å². The highest BCUT2D eigenvalue weighted by atomic mass is 35.5. The Morgan fingerprint density at radius 3 is 2.65 bits per heavy atom. The molecule has 1 N–H and O–H groups in total. The third kappa shape index (κ3) is 2.99. The molecule has 1 fully saturated rings. The topological polar surface area (TPSA) is 50.8 Å². The van der Waals surface area contributed by atoms with Gasteiger partial charge in [-0.05, 0) is 25.9 Å². The predicted molar refractivity (Wildman–Crippen MR) is 76.5 cm³/mol. The number of rotatable bonds is 3. The number of benzene rings is 1. The molecule has 1 aromatic rings. The van der Waals surface area contributed by atoms with Gasteiger partial charge in [-0.3, -0.25) is 9.69 Å². The number of fused-ring (bicyclic) bond motifs is 1. The lowest BCUT2D eigenvalue weighted by Gasteiger charge is -2.25. The first kappa shape index (κ1) is 13.5. The number of halogens is 1. The zero-order chi connectivity index (χ0) is 13.9. The van der Waals surface area contributed by atoms with Gasteiger partial charge in [0, 0.05) is 12.1 Å². The van der Waals surface area contributed by atoms with Crippen LogP contribution in [0.2, 0.25) is 5.02 Å². The van der Waals surface area contributed by atoms with Gasteiger partial charge < -0.3 is 14.8 Å². The molecule has 0 spiro atoms. The Labute approximate surface area is 122 Å². The number of anilines is 1. The SMILES string of the molecule is O=C(CN1CCCCC1)Nc1cc2c(cc1Cl)OCO2. The summed E-state index contributed by atoms with van der Waals surface area (Å²) < 4.78 is 10.5. The summed E-state index contributed by atoms with van der Waals surface area (Å²) >= 11 is 6.13. The van der Waals surface area contributed by atoms with Crippen molar-refractivity contribution in [2.45, 2.75) is 19.3 Å². The molecule has 1 aromatic carbocycles. The number of hydrogen-bond donors (Lipinski definition) is 1. The highest BCUT2D eigenvalue weighted by Crippen LogP contribution is 2.39. The van der Waals surface area contributed by atoms with Crippen LogP contribution in [0.4, 0.5) is 5.69 Å². The molecule has 0 unspecified atom stereocenters. The van der Waals surface area contributed by atoms with Gasteiger partial charge in [-0.25, -0.2) is 0 Å². The van der Waals surface area contributed by atoms with E-state index in [1.54, 1.807) is 12.1 Å². The summed E-state index contributed by atoms with van der Waals surface area (Å²) in [5.74, 6) is 1.18. The number of likely N-dealkylation sites (tertiary alicyclic amines) is 1. The number of amides is 1. The minimum absolute atomic E-state index is 0.0485. The predicted octanol–water partition coefficient (Wildman–Crippen LogP) is 2.49. The van der Waals surface area contributed by atoms with Crippen molar-refractivity contribution in [1.29, 1.82) is 0 Å². The van der Waals surface area contributed by atoms with Crippen molar-refractivity contribution in [3.05, 3.63) is 17.2 Å². The molecule has 20 heavy (non-hydrogen) atoms. The summed E-state index contributed by atoms with van der Waals surface area (Å²) in [5.41, 5.74) is 0.568. The monoisotopic (exact) mass is 296 g/mol. The molecule has 3 rings (SSSR count). The van der Waals surface area contributed by atoms with E-state index in [9.17, 15) is 4.79 Å². The number of carbonyl (C=O) groups excluding carboxylic acids is 1. The van der Waals surface area contributed by atoms with E-state index in [1.165, 1.54) is 6.42 Å². The number of nitrogens with zero attached hydrogens (tertiary/aromatic N) is 1. The Morgan fingerprint density at radius 2 is 1.90 bits per heavy atom. The van der Waals surface area contributed by atoms with Crippen LogP contribution in [-0.4, -0.2) is 37.2 Å². The van der Waals surface area contributed by atoms with Gasteiger partial charge in [0.2, 0.25) is 12.7 Å². The molecule has 0 atom stereocenters. The molecule has 0 radical (unpaired) electrons. The second-order valence-corrected chi connectivity index (χ2v) is 5.48. The van der Waals surface area contributed by atoms with E-state index in [1.807, 2.05) is 0 Å². The maximum atomic E-state index is 12.0. The molecular formula is C14H17ClN2O3. The summed E-state index contributed by atoms with van der Waals surface area (Å²) in [4.78, 5) is 14.2. The largest absolute Gasteiger partial charge is 0.454 e. The van der Waals surface area contributed by atoms with Crippen molar-refractivity contribution in [3.8, 4) is 11.5 Å². The molecule has 2 aliphatic heterocycles. The molecule has 1 saturated heterocycles. The van der Waals surface area contributed by atoms with Gasteiger partial charge in [-0.2, -0.15) is 0 Å². The molecule has 2 heterocycles. The van der Waals surface area contributed by atoms with E-state index >= 15 is 0 Å². The van der Waals surface area contributed by atoms with Crippen LogP contribution in [0.1, 0.15) is 19.3 Å². The third-order valence-corrected chi connectivity index (χ3v) is 3.86. The van der Waals surface area contributed by atoms with E-state index in [4.69, 9.17) is 21.1 Å². The van der Waals surface area contributed by atoms with Crippen LogP contribution >= 0.6 is 11.6 Å². The molecule has 6 heteroatoms. The number of hydrogen-bond acceptors (Lipinski definition) is 4. The van der Waals surface area contributed by atoms with Crippen molar-refractivity contribution in [2.24, 2.45) is 0 Å². The summed E-state index contributed by atoms with van der Waals surface area (Å²) in [7, 11) is 0. The Morgan fingerprint density at radius 1 is 1.20 bits per heavy atom. The molecule has 0 bridgehead atoms. The van der Waals surface area contributed by atoms with Gasteiger partial charge >= 0.3 is 0 Å². The van der Waals surface area contributed by atoms with E-state index in [0.29, 0.717) is 28.8 Å². The normalized spacial score (nSPS) is 18.1. The summed E-state index contributed by atoms with van der Waals surface area (Å²) in [5, 5.41) is 3.30. The van der Waals surface area contributed by atoms with E-state index in [-0.39, 0.29) is 12.7 Å². The lowest BCUT2D eigenvalue weighted by atomic mass is 10.1. The van der Waals surface area contributed by atoms with Gasteiger partial charge in [0.05, 0.1) is 17.3 Å². The maximum Gasteiger partial charge on any atom is 0.238 e. The van der Waals surface area contributed by atoms with E-state index in [2.05, 4.69) is 10.2 Å². The Bertz CT molecular complexity index is 515. The fourth-order valence-electron chi connectivity index (χ4n) is 2.52. The van der Waals surface area contributed by atoms with Crippen LogP contribution in [-0.2, 0) is 4.79 Å². The number of nitrogens with one attached hydrogen (secondary N) is 1. The summed E-state index contributed by atoms with van der Waals surface area (Å²) in [6, 6.07) is 3.37. The van der Waals surface area contributed by atoms with Crippen LogP contribution in [0.15, 0.2) is 12.1 Å². The summed E-state index contributed by atoms with van der Waals surface area (Å²) in [6.07, 6.45) is 3.59. The molecule has 0 saturated carbocycles. The molecular weight excluding hydrogens is 280 g/mol. The van der Waals surface area contributed by atoms with Gasteiger partial charge in [-0.1, -0.05) is 18.0 Å². The lowest BCUT2D eigenvalue weighted by Crippen LogP contribution is -2.36. The first-order chi connectivity index (χ1) is 9.72. The van der Waals surface area contributed by atoms with Crippen molar-refractivity contribution in [3.63, 3.8) is 0 Å². The average Bonchev–Trinajstić information content (AvgIpc) is 2.87. The number of carbonyl (C=O) groups is 1. The Kier molecular flexibility index (Phi) is 3.98. The van der Waals surface area contributed by atoms with Gasteiger partial charge in [0.25, 0.3) is 0 Å². The van der Waals surface area contributed by atoms with Crippen molar-refractivity contribution in [1.82, 2.24) is 4.90 Å². The fourth-order valence-corrected chi connectivity index (χ4v) is 2.72. The van der Waals surface area contributed by atoms with Gasteiger partial charge in [0.15, 0.2) is 11.5 Å². The van der Waals surface area contributed by atoms with Crippen LogP contribution in [0, 0.1) is 0 Å². The third-order valence-electron chi connectivity index (χ3n) is 3.55. The van der Waals surface area contributed by atoms with E-state index in [0.717, 1.165) is 25.9 Å². The highest BCUT2D eigenvalue weighted by molar-refractivity contribution is 6.34. The molecule has 0 aliphatic carbocycles. The Hall–Kier alpha value is -1.46. The molecule has 108 valence electrons. The maximum absolute atomic E-state index is 12.0. The first-order valence-electron chi connectivity index (χ1n) is 6.84. The van der Waals surface area contributed by atoms with Gasteiger partial charge in [0.1, 0.15) is 0 Å². The van der Waals surface area contributed by atoms with Crippen molar-refractivity contribution in [2.75, 3.05) is 31.7 Å². The zero-order valence-electron chi connectivity index (χ0n) is 11.2. The zero-order valence-corrected chi connectivity index (χ0v) is 11.9. The quantitative estimate of drug-likeness (QED) is 0.931. The average molecular weight is 297 g/mol. The van der Waals surface area contributed by atoms with E-state index < -0.39 is 0 Å². The second-order valence-electron chi connectivity index (χ2n) is 5.07. The lowest BCUT2D eigenvalue weighted by molar-refractivity contribution is -0.117. The Balaban J connectivity index is 1.63. The first-order valence-corrected chi connectivity index (χ1v) is 7.21. The minimum atomic E-state index is -0.0485. The van der Waals surface area contributed by atoms with Crippen LogP contribution in [0.3, 0.4) is 0 Å². The molecule has 1 amide bonds. The molecule has 2 aliphatic rings. The van der Waals surface area contributed by atoms with Crippen molar-refractivity contribution >= 4 is 23.2 Å². The summed E-state index contributed by atoms with van der Waals surface area (Å²) in [6.45, 7) is 2.58. The van der Waals surface area contributed by atoms with Crippen LogP contribution < -0.4 is 14.8 Å². The molecule has 0 aromatic heterocycles. The number of piperidine rings is 1. The van der Waals surface area contributed by atoms with Gasteiger partial charge in [-0.15, -0.1) is 0 Å². The molecule has 5 nitrogen and oxygen atoms in total. The second kappa shape index (κ2) is 5.89. The fraction of sp³-hybridized carbons (Fsp3) is 0.500. The minimum Gasteiger partial charge on any atom is -0.454 e. The standard InChI is InChI=1S/C14H17ClN2O3/c15-10-6-12-13(20-9-19-12)7-11(10)16-14(18)8-17-4-2-1-3-5-17/h6-7H,1-5,8-9H2,(H,16,18). The van der Waals surface area contributed by atoms with Crippen LogP contribution in [0.5, 0.6) is 11.5 Å². The number of ether oxygens (including phenoxy) is 2. The highest BCUT2D eigenvalue weighted by Gasteiger charge is 2.19. The smallest absolute Gasteiger partial charge is 0.238 e. The van der Waals surface area contributed by atoms with Crippen LogP contribution in [0.25, 0.3) is 0 Å².